The lowest BCUT2D eigenvalue weighted by Crippen LogP contribution is -2.31. The fourth-order valence-corrected chi connectivity index (χ4v) is 2.30. The van der Waals surface area contributed by atoms with Crippen LogP contribution >= 0.6 is 0 Å². The van der Waals surface area contributed by atoms with Gasteiger partial charge in [0.2, 0.25) is 0 Å². The summed E-state index contributed by atoms with van der Waals surface area (Å²) in [5.74, 6) is -0.196. The van der Waals surface area contributed by atoms with Crippen LogP contribution in [0.25, 0.3) is 0 Å². The molecule has 1 atom stereocenters. The quantitative estimate of drug-likeness (QED) is 0.863. The Morgan fingerprint density at radius 1 is 1.47 bits per heavy atom. The Kier molecular flexibility index (Phi) is 3.64. The Morgan fingerprint density at radius 3 is 2.76 bits per heavy atom. The maximum atomic E-state index is 13.6. The molecule has 1 fully saturated rings. The predicted molar refractivity (Wildman–Crippen MR) is 68.6 cm³/mol. The molecule has 2 rings (SSSR count). The van der Waals surface area contributed by atoms with Crippen LogP contribution in [0.2, 0.25) is 0 Å². The first kappa shape index (κ1) is 12.3. The molecule has 1 aromatic rings. The van der Waals surface area contributed by atoms with Gasteiger partial charge in [-0.15, -0.1) is 0 Å². The zero-order valence-electron chi connectivity index (χ0n) is 10.5. The second-order valence-corrected chi connectivity index (χ2v) is 4.83. The van der Waals surface area contributed by atoms with E-state index in [0.717, 1.165) is 25.2 Å². The van der Waals surface area contributed by atoms with E-state index in [1.807, 2.05) is 6.07 Å². The Labute approximate surface area is 102 Å². The standard InChI is InChI=1S/C13H20FN3/c1-16(2)12-5-6-17(9-12)11-4-3-10(8-15)13(14)7-11/h3-4,7,12H,5-6,8-9,15H2,1-2H3. The van der Waals surface area contributed by atoms with Crippen molar-refractivity contribution in [1.82, 2.24) is 4.90 Å². The number of halogens is 1. The third kappa shape index (κ3) is 2.58. The second kappa shape index (κ2) is 5.02. The Balaban J connectivity index is 2.11. The molecular weight excluding hydrogens is 217 g/mol. The first-order valence-corrected chi connectivity index (χ1v) is 6.01. The van der Waals surface area contributed by atoms with Gasteiger partial charge in [0.05, 0.1) is 0 Å². The topological polar surface area (TPSA) is 32.5 Å². The van der Waals surface area contributed by atoms with Crippen LogP contribution in [0.4, 0.5) is 10.1 Å². The van der Waals surface area contributed by atoms with Gasteiger partial charge in [0, 0.05) is 36.9 Å². The summed E-state index contributed by atoms with van der Waals surface area (Å²) in [4.78, 5) is 4.46. The summed E-state index contributed by atoms with van der Waals surface area (Å²) in [6.07, 6.45) is 1.13. The van der Waals surface area contributed by atoms with Gasteiger partial charge in [0.1, 0.15) is 5.82 Å². The lowest BCUT2D eigenvalue weighted by molar-refractivity contribution is 0.315. The van der Waals surface area contributed by atoms with Crippen molar-refractivity contribution in [3.05, 3.63) is 29.6 Å². The van der Waals surface area contributed by atoms with Gasteiger partial charge in [-0.3, -0.25) is 0 Å². The average Bonchev–Trinajstić information content (AvgIpc) is 2.78. The lowest BCUT2D eigenvalue weighted by atomic mass is 10.2. The van der Waals surface area contributed by atoms with Crippen LogP contribution in [-0.4, -0.2) is 38.1 Å². The molecular formula is C13H20FN3. The first-order valence-electron chi connectivity index (χ1n) is 6.01. The van der Waals surface area contributed by atoms with E-state index in [1.165, 1.54) is 0 Å². The highest BCUT2D eigenvalue weighted by Crippen LogP contribution is 2.24. The monoisotopic (exact) mass is 237 g/mol. The highest BCUT2D eigenvalue weighted by molar-refractivity contribution is 5.49. The van der Waals surface area contributed by atoms with Crippen LogP contribution in [0.5, 0.6) is 0 Å². The van der Waals surface area contributed by atoms with Crippen molar-refractivity contribution in [2.75, 3.05) is 32.1 Å². The lowest BCUT2D eigenvalue weighted by Gasteiger charge is -2.22. The summed E-state index contributed by atoms with van der Waals surface area (Å²) in [6.45, 7) is 2.21. The highest BCUT2D eigenvalue weighted by atomic mass is 19.1. The molecule has 0 amide bonds. The number of likely N-dealkylation sites (N-methyl/N-ethyl adjacent to an activating group) is 1. The molecule has 0 bridgehead atoms. The minimum Gasteiger partial charge on any atom is -0.370 e. The third-order valence-corrected chi connectivity index (χ3v) is 3.52. The fraction of sp³-hybridized carbons (Fsp3) is 0.538. The van der Waals surface area contributed by atoms with Gasteiger partial charge >= 0.3 is 0 Å². The van der Waals surface area contributed by atoms with Crippen molar-refractivity contribution >= 4 is 5.69 Å². The molecule has 0 aliphatic carbocycles. The molecule has 0 radical (unpaired) electrons. The molecule has 94 valence electrons. The Morgan fingerprint density at radius 2 is 2.24 bits per heavy atom. The van der Waals surface area contributed by atoms with Gasteiger partial charge < -0.3 is 15.5 Å². The summed E-state index contributed by atoms with van der Waals surface area (Å²) in [5.41, 5.74) is 7.00. The van der Waals surface area contributed by atoms with E-state index in [-0.39, 0.29) is 12.4 Å². The molecule has 0 aromatic heterocycles. The molecule has 2 N–H and O–H groups in total. The molecule has 3 nitrogen and oxygen atoms in total. The summed E-state index contributed by atoms with van der Waals surface area (Å²) in [5, 5.41) is 0. The van der Waals surface area contributed by atoms with E-state index in [2.05, 4.69) is 23.9 Å². The van der Waals surface area contributed by atoms with Crippen LogP contribution in [-0.2, 0) is 6.54 Å². The first-order chi connectivity index (χ1) is 8.11. The maximum absolute atomic E-state index is 13.6. The molecule has 0 spiro atoms. The average molecular weight is 237 g/mol. The summed E-state index contributed by atoms with van der Waals surface area (Å²) >= 11 is 0. The smallest absolute Gasteiger partial charge is 0.129 e. The molecule has 4 heteroatoms. The van der Waals surface area contributed by atoms with Crippen LogP contribution < -0.4 is 10.6 Å². The maximum Gasteiger partial charge on any atom is 0.129 e. The van der Waals surface area contributed by atoms with E-state index in [1.54, 1.807) is 12.1 Å². The van der Waals surface area contributed by atoms with Gasteiger partial charge in [-0.05, 0) is 32.6 Å². The van der Waals surface area contributed by atoms with Crippen molar-refractivity contribution in [2.45, 2.75) is 19.0 Å². The molecule has 1 aliphatic rings. The third-order valence-electron chi connectivity index (χ3n) is 3.52. The molecule has 1 aliphatic heterocycles. The zero-order valence-corrected chi connectivity index (χ0v) is 10.5. The van der Waals surface area contributed by atoms with Gasteiger partial charge in [0.15, 0.2) is 0 Å². The number of hydrogen-bond donors (Lipinski definition) is 1. The van der Waals surface area contributed by atoms with E-state index in [4.69, 9.17) is 5.73 Å². The minimum absolute atomic E-state index is 0.196. The van der Waals surface area contributed by atoms with Crippen molar-refractivity contribution < 1.29 is 4.39 Å². The van der Waals surface area contributed by atoms with E-state index in [9.17, 15) is 4.39 Å². The largest absolute Gasteiger partial charge is 0.370 e. The minimum atomic E-state index is -0.196. The van der Waals surface area contributed by atoms with Gasteiger partial charge in [-0.1, -0.05) is 6.07 Å². The molecule has 17 heavy (non-hydrogen) atoms. The van der Waals surface area contributed by atoms with Gasteiger partial charge in [-0.2, -0.15) is 0 Å². The van der Waals surface area contributed by atoms with Gasteiger partial charge in [-0.25, -0.2) is 4.39 Å². The number of benzene rings is 1. The van der Waals surface area contributed by atoms with E-state index >= 15 is 0 Å². The van der Waals surface area contributed by atoms with Crippen LogP contribution in [0.1, 0.15) is 12.0 Å². The summed E-state index contributed by atoms with van der Waals surface area (Å²) in [6, 6.07) is 5.91. The number of anilines is 1. The van der Waals surface area contributed by atoms with Gasteiger partial charge in [0.25, 0.3) is 0 Å². The van der Waals surface area contributed by atoms with Crippen molar-refractivity contribution in [1.29, 1.82) is 0 Å². The second-order valence-electron chi connectivity index (χ2n) is 4.83. The molecule has 1 heterocycles. The number of hydrogen-bond acceptors (Lipinski definition) is 3. The summed E-state index contributed by atoms with van der Waals surface area (Å²) in [7, 11) is 4.18. The summed E-state index contributed by atoms with van der Waals surface area (Å²) < 4.78 is 13.6. The Bertz CT molecular complexity index is 392. The SMILES string of the molecule is CN(C)C1CCN(c2ccc(CN)c(F)c2)C1. The molecule has 0 saturated carbocycles. The van der Waals surface area contributed by atoms with Crippen LogP contribution in [0.3, 0.4) is 0 Å². The Hall–Kier alpha value is -1.13. The highest BCUT2D eigenvalue weighted by Gasteiger charge is 2.24. The van der Waals surface area contributed by atoms with Crippen LogP contribution in [0.15, 0.2) is 18.2 Å². The van der Waals surface area contributed by atoms with Crippen molar-refractivity contribution in [3.63, 3.8) is 0 Å². The zero-order chi connectivity index (χ0) is 12.4. The number of nitrogens with two attached hydrogens (primary N) is 1. The van der Waals surface area contributed by atoms with E-state index < -0.39 is 0 Å². The molecule has 1 aromatic carbocycles. The van der Waals surface area contributed by atoms with Crippen molar-refractivity contribution in [2.24, 2.45) is 5.73 Å². The van der Waals surface area contributed by atoms with Crippen molar-refractivity contribution in [3.8, 4) is 0 Å². The normalized spacial score (nSPS) is 20.3. The van der Waals surface area contributed by atoms with E-state index in [0.29, 0.717) is 11.6 Å². The number of rotatable bonds is 3. The molecule has 1 unspecified atom stereocenters. The molecule has 1 saturated heterocycles. The number of nitrogens with zero attached hydrogens (tertiary/aromatic N) is 2. The fourth-order valence-electron chi connectivity index (χ4n) is 2.30. The predicted octanol–water partition coefficient (Wildman–Crippen LogP) is 1.42. The van der Waals surface area contributed by atoms with Crippen LogP contribution in [0, 0.1) is 5.82 Å².